The van der Waals surface area contributed by atoms with E-state index in [1.165, 1.54) is 45.5 Å². The molecule has 11 nitrogen and oxygen atoms in total. The van der Waals surface area contributed by atoms with Crippen molar-refractivity contribution in [2.75, 3.05) is 0 Å². The van der Waals surface area contributed by atoms with Gasteiger partial charge < -0.3 is 4.74 Å². The molecule has 0 N–H and O–H groups in total. The molecule has 0 fully saturated rings. The molecule has 0 saturated heterocycles. The highest BCUT2D eigenvalue weighted by Crippen LogP contribution is 2.27. The van der Waals surface area contributed by atoms with Crippen LogP contribution in [0.15, 0.2) is 214 Å². The number of fused-ring (bicyclic) bond motifs is 4. The normalized spacial score (nSPS) is 11.1. The molecule has 0 bridgehead atoms. The van der Waals surface area contributed by atoms with Crippen LogP contribution in [0.3, 0.4) is 0 Å². The summed E-state index contributed by atoms with van der Waals surface area (Å²) < 4.78 is 47.3. The van der Waals surface area contributed by atoms with Crippen molar-refractivity contribution in [1.82, 2.24) is 48.2 Å². The van der Waals surface area contributed by atoms with Gasteiger partial charge in [0.15, 0.2) is 5.65 Å². The maximum Gasteiger partial charge on any atom is 0.573 e. The third-order valence-corrected chi connectivity index (χ3v) is 10.6. The fourth-order valence-electron chi connectivity index (χ4n) is 7.21. The lowest BCUT2D eigenvalue weighted by Gasteiger charge is -2.09. The smallest absolute Gasteiger partial charge is 0.406 e. The van der Waals surface area contributed by atoms with E-state index in [2.05, 4.69) is 127 Å². The Morgan fingerprint density at radius 2 is 1.07 bits per heavy atom. The SMILES string of the molecule is Cc1cnn2ccc(-c3ccccc3)cc12.Cc1cnn2ccc(-c3ccccc3)nc12.FC(F)(F)Oc1ccc(-c2cnc3nccn3c2)cc1.c1ccc(-c2ccn3nccc3c2)cc1. The van der Waals surface area contributed by atoms with Gasteiger partial charge in [-0.15, -0.1) is 13.2 Å². The molecule has 0 spiro atoms. The molecular weight excluding hydrogens is 850 g/mol. The second kappa shape index (κ2) is 19.5. The van der Waals surface area contributed by atoms with Crippen LogP contribution in [0.1, 0.15) is 11.1 Å². The molecular formula is C53H41F3N10O. The second-order valence-electron chi connectivity index (χ2n) is 15.2. The Kier molecular flexibility index (Phi) is 12.6. The van der Waals surface area contributed by atoms with Gasteiger partial charge in [0.2, 0.25) is 5.78 Å². The number of hydrogen-bond donors (Lipinski definition) is 0. The number of benzene rings is 4. The summed E-state index contributed by atoms with van der Waals surface area (Å²) in [6.45, 7) is 4.10. The molecule has 0 unspecified atom stereocenters. The van der Waals surface area contributed by atoms with Gasteiger partial charge in [0, 0.05) is 66.3 Å². The Hall–Kier alpha value is -8.91. The van der Waals surface area contributed by atoms with Crippen molar-refractivity contribution in [2.45, 2.75) is 20.2 Å². The molecule has 0 atom stereocenters. The van der Waals surface area contributed by atoms with Crippen LogP contribution < -0.4 is 4.74 Å². The van der Waals surface area contributed by atoms with E-state index in [0.29, 0.717) is 5.78 Å². The number of halogens is 3. The van der Waals surface area contributed by atoms with Crippen LogP contribution in [0.25, 0.3) is 67.1 Å². The average molecular weight is 891 g/mol. The Labute approximate surface area is 382 Å². The zero-order valence-electron chi connectivity index (χ0n) is 36.2. The van der Waals surface area contributed by atoms with E-state index in [1.807, 2.05) is 95.6 Å². The van der Waals surface area contributed by atoms with E-state index in [-0.39, 0.29) is 5.75 Å². The summed E-state index contributed by atoms with van der Waals surface area (Å²) in [4.78, 5) is 12.8. The lowest BCUT2D eigenvalue weighted by molar-refractivity contribution is -0.274. The van der Waals surface area contributed by atoms with Crippen LogP contribution in [0.4, 0.5) is 13.2 Å². The molecule has 8 heterocycles. The number of hydrogen-bond acceptors (Lipinski definition) is 7. The molecule has 0 saturated carbocycles. The number of ether oxygens (including phenoxy) is 1. The Morgan fingerprint density at radius 3 is 1.76 bits per heavy atom. The van der Waals surface area contributed by atoms with Crippen molar-refractivity contribution in [3.63, 3.8) is 0 Å². The van der Waals surface area contributed by atoms with Gasteiger partial charge >= 0.3 is 6.36 Å². The molecule has 4 aromatic carbocycles. The van der Waals surface area contributed by atoms with Crippen LogP contribution in [-0.2, 0) is 0 Å². The summed E-state index contributed by atoms with van der Waals surface area (Å²) in [6, 6.07) is 49.0. The Morgan fingerprint density at radius 1 is 0.478 bits per heavy atom. The molecule has 14 heteroatoms. The third-order valence-electron chi connectivity index (χ3n) is 10.6. The number of aryl methyl sites for hydroxylation is 2. The number of nitrogens with zero attached hydrogens (tertiary/aromatic N) is 10. The van der Waals surface area contributed by atoms with Crippen molar-refractivity contribution < 1.29 is 17.9 Å². The summed E-state index contributed by atoms with van der Waals surface area (Å²) in [5.41, 5.74) is 14.1. The summed E-state index contributed by atoms with van der Waals surface area (Å²) in [5, 5.41) is 12.6. The Balaban J connectivity index is 0.000000113. The van der Waals surface area contributed by atoms with Gasteiger partial charge in [-0.3, -0.25) is 4.40 Å². The number of aromatic nitrogens is 10. The van der Waals surface area contributed by atoms with E-state index in [0.717, 1.165) is 39.1 Å². The monoisotopic (exact) mass is 890 g/mol. The van der Waals surface area contributed by atoms with E-state index in [1.54, 1.807) is 45.8 Å². The average Bonchev–Trinajstić information content (AvgIpc) is 4.20. The van der Waals surface area contributed by atoms with E-state index in [4.69, 9.17) is 0 Å². The standard InChI is InChI=1S/C14H12N2.C13H8F3N3O.C13H11N3.C13H10N2/c1-11-10-15-16-8-7-13(9-14(11)16)12-5-3-2-4-6-12;14-13(15,16)20-11-3-1-9(2-4-11)10-7-18-12-17-5-6-19(12)8-10;1-10-9-14-16-8-7-12(15-13(10)16)11-5-3-2-4-6-11;1-2-4-11(5-3-1)12-7-9-15-13(10-12)6-8-14-15/h2-10H,1H3;1-8H;2-9H,1H3;1-10H. The minimum atomic E-state index is -4.68. The second-order valence-corrected chi connectivity index (χ2v) is 15.2. The topological polar surface area (TPSA) is 104 Å². The lowest BCUT2D eigenvalue weighted by Crippen LogP contribution is -2.16. The van der Waals surface area contributed by atoms with Crippen LogP contribution in [0.2, 0.25) is 0 Å². The first-order chi connectivity index (χ1) is 32.6. The predicted molar refractivity (Wildman–Crippen MR) is 254 cm³/mol. The minimum absolute atomic E-state index is 0.252. The van der Waals surface area contributed by atoms with E-state index in [9.17, 15) is 13.2 Å². The third kappa shape index (κ3) is 10.6. The van der Waals surface area contributed by atoms with Crippen LogP contribution >= 0.6 is 0 Å². The van der Waals surface area contributed by atoms with Gasteiger partial charge in [-0.2, -0.15) is 15.3 Å². The van der Waals surface area contributed by atoms with Gasteiger partial charge in [-0.05, 0) is 95.8 Å². The zero-order chi connectivity index (χ0) is 46.2. The maximum absolute atomic E-state index is 12.1. The van der Waals surface area contributed by atoms with E-state index < -0.39 is 6.36 Å². The minimum Gasteiger partial charge on any atom is -0.406 e. The van der Waals surface area contributed by atoms with Gasteiger partial charge in [0.05, 0.1) is 29.1 Å². The lowest BCUT2D eigenvalue weighted by atomic mass is 10.1. The fourth-order valence-corrected chi connectivity index (χ4v) is 7.21. The van der Waals surface area contributed by atoms with Crippen molar-refractivity contribution >= 4 is 22.5 Å². The van der Waals surface area contributed by atoms with Crippen LogP contribution in [-0.4, -0.2) is 54.6 Å². The van der Waals surface area contributed by atoms with Crippen molar-refractivity contribution in [1.29, 1.82) is 0 Å². The first-order valence-corrected chi connectivity index (χ1v) is 21.1. The molecule has 0 amide bonds. The summed E-state index contributed by atoms with van der Waals surface area (Å²) in [6.07, 6.45) is 13.6. The summed E-state index contributed by atoms with van der Waals surface area (Å²) >= 11 is 0. The van der Waals surface area contributed by atoms with Gasteiger partial charge in [0.25, 0.3) is 0 Å². The number of imidazole rings is 1. The summed E-state index contributed by atoms with van der Waals surface area (Å²) in [7, 11) is 0. The van der Waals surface area contributed by atoms with Gasteiger partial charge in [-0.25, -0.2) is 28.5 Å². The highest BCUT2D eigenvalue weighted by Gasteiger charge is 2.31. The molecule has 0 aliphatic carbocycles. The van der Waals surface area contributed by atoms with Crippen LogP contribution in [0.5, 0.6) is 5.75 Å². The highest BCUT2D eigenvalue weighted by molar-refractivity contribution is 5.71. The first-order valence-electron chi connectivity index (χ1n) is 21.1. The maximum atomic E-state index is 12.1. The predicted octanol–water partition coefficient (Wildman–Crippen LogP) is 12.3. The van der Waals surface area contributed by atoms with Crippen molar-refractivity contribution in [2.24, 2.45) is 0 Å². The summed E-state index contributed by atoms with van der Waals surface area (Å²) in [5.74, 6) is 0.309. The van der Waals surface area contributed by atoms with Crippen molar-refractivity contribution in [3.05, 3.63) is 225 Å². The molecule has 12 aromatic rings. The van der Waals surface area contributed by atoms with Crippen molar-refractivity contribution in [3.8, 4) is 50.4 Å². The fraction of sp³-hybridized carbons (Fsp3) is 0.0566. The molecule has 12 rings (SSSR count). The molecule has 0 aliphatic rings. The number of alkyl halides is 3. The highest BCUT2D eigenvalue weighted by atomic mass is 19.4. The molecule has 330 valence electrons. The zero-order valence-corrected chi connectivity index (χ0v) is 36.2. The van der Waals surface area contributed by atoms with Gasteiger partial charge in [0.1, 0.15) is 5.75 Å². The molecule has 8 aromatic heterocycles. The van der Waals surface area contributed by atoms with Gasteiger partial charge in [-0.1, -0.05) is 103 Å². The Bertz CT molecular complexity index is 3400. The molecule has 0 aliphatic heterocycles. The number of rotatable bonds is 5. The molecule has 0 radical (unpaired) electrons. The largest absolute Gasteiger partial charge is 0.573 e. The first kappa shape index (κ1) is 43.3. The quantitative estimate of drug-likeness (QED) is 0.169. The molecule has 67 heavy (non-hydrogen) atoms. The van der Waals surface area contributed by atoms with Crippen LogP contribution in [0, 0.1) is 13.8 Å². The number of pyridine rings is 2. The van der Waals surface area contributed by atoms with E-state index >= 15 is 0 Å².